The smallest absolute Gasteiger partial charge is 0.241 e. The predicted octanol–water partition coefficient (Wildman–Crippen LogP) is 1.76. The maximum Gasteiger partial charge on any atom is 0.241 e. The van der Waals surface area contributed by atoms with Gasteiger partial charge in [-0.3, -0.25) is 20.2 Å². The maximum atomic E-state index is 12.2. The Labute approximate surface area is 117 Å². The van der Waals surface area contributed by atoms with Crippen molar-refractivity contribution in [1.82, 2.24) is 5.32 Å². The van der Waals surface area contributed by atoms with E-state index in [1.54, 1.807) is 0 Å². The fraction of sp³-hybridized carbons (Fsp3) is 0.500. The Morgan fingerprint density at radius 3 is 2.75 bits per heavy atom. The van der Waals surface area contributed by atoms with Gasteiger partial charge in [-0.15, -0.1) is 0 Å². The highest BCUT2D eigenvalue weighted by atomic mass is 16.6. The van der Waals surface area contributed by atoms with Crippen LogP contribution in [0.1, 0.15) is 31.7 Å². The molecule has 6 nitrogen and oxygen atoms in total. The van der Waals surface area contributed by atoms with Crippen LogP contribution in [0.15, 0.2) is 24.3 Å². The summed E-state index contributed by atoms with van der Waals surface area (Å²) in [5.74, 6) is 0.0945. The van der Waals surface area contributed by atoms with Gasteiger partial charge in [0.25, 0.3) is 0 Å². The Morgan fingerprint density at radius 2 is 2.15 bits per heavy atom. The van der Waals surface area contributed by atoms with Crippen molar-refractivity contribution in [3.8, 4) is 0 Å². The highest BCUT2D eigenvalue weighted by molar-refractivity contribution is 5.95. The third kappa shape index (κ3) is 3.14. The average molecular weight is 277 g/mol. The summed E-state index contributed by atoms with van der Waals surface area (Å²) >= 11 is 0. The third-order valence-corrected chi connectivity index (χ3v) is 3.56. The van der Waals surface area contributed by atoms with Crippen LogP contribution in [-0.2, 0) is 4.79 Å². The van der Waals surface area contributed by atoms with E-state index in [0.717, 1.165) is 11.3 Å². The average Bonchev–Trinajstić information content (AvgIpc) is 2.89. The molecule has 1 heterocycles. The molecular weight excluding hydrogens is 258 g/mol. The van der Waals surface area contributed by atoms with Crippen LogP contribution in [0.4, 0.5) is 5.69 Å². The molecule has 1 saturated heterocycles. The number of nitrogens with zero attached hydrogens (tertiary/aromatic N) is 1. The van der Waals surface area contributed by atoms with E-state index in [9.17, 15) is 14.9 Å². The quantitative estimate of drug-likeness (QED) is 0.648. The van der Waals surface area contributed by atoms with Crippen LogP contribution in [0, 0.1) is 10.1 Å². The first kappa shape index (κ1) is 14.5. The van der Waals surface area contributed by atoms with Crippen LogP contribution in [0.3, 0.4) is 0 Å². The number of benzene rings is 1. The number of hydrogen-bond acceptors (Lipinski definition) is 4. The number of rotatable bonds is 4. The third-order valence-electron chi connectivity index (χ3n) is 3.56. The highest BCUT2D eigenvalue weighted by Crippen LogP contribution is 2.24. The Morgan fingerprint density at radius 1 is 1.45 bits per heavy atom. The Bertz CT molecular complexity index is 516. The van der Waals surface area contributed by atoms with Gasteiger partial charge in [0.2, 0.25) is 11.9 Å². The lowest BCUT2D eigenvalue weighted by atomic mass is 10.0. The number of nitrogens with one attached hydrogen (secondary N) is 2. The fourth-order valence-electron chi connectivity index (χ4n) is 2.41. The molecule has 1 aliphatic rings. The van der Waals surface area contributed by atoms with E-state index >= 15 is 0 Å². The second-order valence-electron chi connectivity index (χ2n) is 5.37. The van der Waals surface area contributed by atoms with Crippen molar-refractivity contribution in [1.29, 1.82) is 0 Å². The molecule has 1 fully saturated rings. The minimum absolute atomic E-state index is 0.206. The molecule has 0 saturated carbocycles. The summed E-state index contributed by atoms with van der Waals surface area (Å²) in [6, 6.07) is 6.46. The molecule has 1 aromatic carbocycles. The maximum absolute atomic E-state index is 12.2. The molecular formula is C14H19N3O3. The highest BCUT2D eigenvalue weighted by Gasteiger charge is 2.36. The second-order valence-corrected chi connectivity index (χ2v) is 5.37. The molecule has 0 spiro atoms. The number of amides is 1. The van der Waals surface area contributed by atoms with Crippen LogP contribution < -0.4 is 10.6 Å². The molecule has 1 aromatic rings. The van der Waals surface area contributed by atoms with Gasteiger partial charge in [-0.05, 0) is 17.5 Å². The molecule has 0 aliphatic carbocycles. The number of para-hydroxylation sites is 1. The Balaban J connectivity index is 2.04. The van der Waals surface area contributed by atoms with Gasteiger partial charge in [0.1, 0.15) is 0 Å². The lowest BCUT2D eigenvalue weighted by Crippen LogP contribution is -2.35. The van der Waals surface area contributed by atoms with E-state index in [2.05, 4.69) is 24.5 Å². The van der Waals surface area contributed by atoms with E-state index < -0.39 is 12.1 Å². The SMILES string of the molecule is CC(C)c1ccccc1NC(=O)C1CC([N+](=O)[O-])CN1. The summed E-state index contributed by atoms with van der Waals surface area (Å²) in [6.45, 7) is 4.36. The minimum atomic E-state index is -0.675. The summed E-state index contributed by atoms with van der Waals surface area (Å²) in [6.07, 6.45) is 0.239. The van der Waals surface area contributed by atoms with Gasteiger partial charge in [-0.1, -0.05) is 32.0 Å². The number of carbonyl (C=O) groups excluding carboxylic acids is 1. The topological polar surface area (TPSA) is 84.3 Å². The largest absolute Gasteiger partial charge is 0.324 e. The van der Waals surface area contributed by atoms with Gasteiger partial charge in [0, 0.05) is 17.0 Å². The van der Waals surface area contributed by atoms with Gasteiger partial charge >= 0.3 is 0 Å². The van der Waals surface area contributed by atoms with Crippen LogP contribution in [0.2, 0.25) is 0 Å². The van der Waals surface area contributed by atoms with Crippen LogP contribution in [0.25, 0.3) is 0 Å². The van der Waals surface area contributed by atoms with Crippen LogP contribution >= 0.6 is 0 Å². The number of nitro groups is 1. The van der Waals surface area contributed by atoms with Crippen LogP contribution in [-0.4, -0.2) is 29.5 Å². The molecule has 1 aliphatic heterocycles. The lowest BCUT2D eigenvalue weighted by molar-refractivity contribution is -0.517. The first-order valence-corrected chi connectivity index (χ1v) is 6.75. The molecule has 0 bridgehead atoms. The van der Waals surface area contributed by atoms with Crippen molar-refractivity contribution in [2.24, 2.45) is 0 Å². The summed E-state index contributed by atoms with van der Waals surface area (Å²) < 4.78 is 0. The van der Waals surface area contributed by atoms with Crippen molar-refractivity contribution in [2.45, 2.75) is 38.3 Å². The van der Waals surface area contributed by atoms with Gasteiger partial charge in [0.15, 0.2) is 0 Å². The van der Waals surface area contributed by atoms with Crippen LogP contribution in [0.5, 0.6) is 0 Å². The summed E-state index contributed by atoms with van der Waals surface area (Å²) in [5, 5.41) is 16.5. The molecule has 1 amide bonds. The molecule has 108 valence electrons. The summed E-state index contributed by atoms with van der Waals surface area (Å²) in [7, 11) is 0. The molecule has 2 atom stereocenters. The van der Waals surface area contributed by atoms with Gasteiger partial charge in [-0.25, -0.2) is 0 Å². The molecule has 2 N–H and O–H groups in total. The van der Waals surface area contributed by atoms with E-state index in [1.165, 1.54) is 0 Å². The Hall–Kier alpha value is -1.95. The zero-order valence-electron chi connectivity index (χ0n) is 11.6. The zero-order chi connectivity index (χ0) is 14.7. The first-order valence-electron chi connectivity index (χ1n) is 6.75. The minimum Gasteiger partial charge on any atom is -0.324 e. The van der Waals surface area contributed by atoms with E-state index in [1.807, 2.05) is 24.3 Å². The molecule has 2 unspecified atom stereocenters. The first-order chi connectivity index (χ1) is 9.49. The molecule has 2 rings (SSSR count). The summed E-state index contributed by atoms with van der Waals surface area (Å²) in [5.41, 5.74) is 1.84. The molecule has 20 heavy (non-hydrogen) atoms. The van der Waals surface area contributed by atoms with Gasteiger partial charge in [0.05, 0.1) is 12.6 Å². The standard InChI is InChI=1S/C14H19N3O3/c1-9(2)11-5-3-4-6-12(11)16-14(18)13-7-10(8-15-13)17(19)20/h3-6,9-10,13,15H,7-8H2,1-2H3,(H,16,18). The number of hydrogen-bond donors (Lipinski definition) is 2. The lowest BCUT2D eigenvalue weighted by Gasteiger charge is -2.15. The van der Waals surface area contributed by atoms with Crippen molar-refractivity contribution in [3.63, 3.8) is 0 Å². The number of carbonyl (C=O) groups is 1. The molecule has 0 radical (unpaired) electrons. The van der Waals surface area contributed by atoms with Crippen molar-refractivity contribution in [2.75, 3.05) is 11.9 Å². The van der Waals surface area contributed by atoms with E-state index in [-0.39, 0.29) is 23.8 Å². The fourth-order valence-corrected chi connectivity index (χ4v) is 2.41. The van der Waals surface area contributed by atoms with Crippen molar-refractivity contribution < 1.29 is 9.72 Å². The Kier molecular flexibility index (Phi) is 4.34. The monoisotopic (exact) mass is 277 g/mol. The molecule has 6 heteroatoms. The zero-order valence-corrected chi connectivity index (χ0v) is 11.6. The number of anilines is 1. The second kappa shape index (κ2) is 6.00. The van der Waals surface area contributed by atoms with Crippen molar-refractivity contribution >= 4 is 11.6 Å². The van der Waals surface area contributed by atoms with E-state index in [4.69, 9.17) is 0 Å². The van der Waals surface area contributed by atoms with Gasteiger partial charge < -0.3 is 5.32 Å². The normalized spacial score (nSPS) is 21.9. The molecule has 0 aromatic heterocycles. The summed E-state index contributed by atoms with van der Waals surface area (Å²) in [4.78, 5) is 22.5. The predicted molar refractivity (Wildman–Crippen MR) is 76.4 cm³/mol. The van der Waals surface area contributed by atoms with Gasteiger partial charge in [-0.2, -0.15) is 0 Å². The van der Waals surface area contributed by atoms with E-state index in [0.29, 0.717) is 5.92 Å². The van der Waals surface area contributed by atoms with Crippen molar-refractivity contribution in [3.05, 3.63) is 39.9 Å².